The van der Waals surface area contributed by atoms with Crippen LogP contribution in [0.4, 0.5) is 0 Å². The summed E-state index contributed by atoms with van der Waals surface area (Å²) < 4.78 is 24.9. The number of hydrogen-bond donors (Lipinski definition) is 2. The van der Waals surface area contributed by atoms with E-state index in [9.17, 15) is 8.42 Å². The monoisotopic (exact) mass is 227 g/mol. The van der Waals surface area contributed by atoms with Crippen molar-refractivity contribution in [3.63, 3.8) is 0 Å². The molecule has 0 aliphatic carbocycles. The maximum atomic E-state index is 11.2. The zero-order valence-electron chi connectivity index (χ0n) is 7.99. The molecule has 4 nitrogen and oxygen atoms in total. The van der Waals surface area contributed by atoms with Crippen molar-refractivity contribution in [2.45, 2.75) is 19.4 Å². The standard InChI is InChI=1S/C7H17NO3S2/c1-3-7(6-12-2)8-13(10,11)5-4-9/h7-9H,3-6H2,1-2H3. The van der Waals surface area contributed by atoms with Crippen LogP contribution in [-0.4, -0.2) is 43.9 Å². The van der Waals surface area contributed by atoms with E-state index < -0.39 is 10.0 Å². The number of thioether (sulfide) groups is 1. The average Bonchev–Trinajstić information content (AvgIpc) is 2.03. The number of aliphatic hydroxyl groups is 1. The van der Waals surface area contributed by atoms with Gasteiger partial charge in [-0.15, -0.1) is 0 Å². The summed E-state index contributed by atoms with van der Waals surface area (Å²) in [6, 6.07) is -0.0217. The van der Waals surface area contributed by atoms with Gasteiger partial charge in [0.25, 0.3) is 0 Å². The zero-order valence-corrected chi connectivity index (χ0v) is 9.62. The van der Waals surface area contributed by atoms with Gasteiger partial charge in [-0.25, -0.2) is 13.1 Å². The highest BCUT2D eigenvalue weighted by atomic mass is 32.2. The number of hydrogen-bond acceptors (Lipinski definition) is 4. The van der Waals surface area contributed by atoms with E-state index in [4.69, 9.17) is 5.11 Å². The highest BCUT2D eigenvalue weighted by Crippen LogP contribution is 2.02. The summed E-state index contributed by atoms with van der Waals surface area (Å²) in [5, 5.41) is 8.49. The van der Waals surface area contributed by atoms with Crippen LogP contribution >= 0.6 is 11.8 Å². The summed E-state index contributed by atoms with van der Waals surface area (Å²) in [5.41, 5.74) is 0. The molecule has 0 amide bonds. The lowest BCUT2D eigenvalue weighted by molar-refractivity contribution is 0.319. The molecule has 0 spiro atoms. The van der Waals surface area contributed by atoms with Gasteiger partial charge in [0.15, 0.2) is 0 Å². The predicted molar refractivity (Wildman–Crippen MR) is 56.5 cm³/mol. The normalized spacial score (nSPS) is 14.4. The Hall–Kier alpha value is 0.220. The maximum absolute atomic E-state index is 11.2. The summed E-state index contributed by atoms with van der Waals surface area (Å²) >= 11 is 1.60. The Morgan fingerprint density at radius 1 is 1.54 bits per heavy atom. The van der Waals surface area contributed by atoms with E-state index in [1.807, 2.05) is 13.2 Å². The van der Waals surface area contributed by atoms with Crippen molar-refractivity contribution in [1.29, 1.82) is 0 Å². The van der Waals surface area contributed by atoms with E-state index >= 15 is 0 Å². The summed E-state index contributed by atoms with van der Waals surface area (Å²) in [6.45, 7) is 1.60. The molecule has 2 N–H and O–H groups in total. The molecule has 13 heavy (non-hydrogen) atoms. The van der Waals surface area contributed by atoms with Crippen molar-refractivity contribution < 1.29 is 13.5 Å². The van der Waals surface area contributed by atoms with Crippen LogP contribution in [0.3, 0.4) is 0 Å². The first-order valence-corrected chi connectivity index (χ1v) is 7.20. The van der Waals surface area contributed by atoms with Crippen LogP contribution in [0.15, 0.2) is 0 Å². The van der Waals surface area contributed by atoms with E-state index in [0.29, 0.717) is 0 Å². The van der Waals surface area contributed by atoms with Crippen LogP contribution in [0.2, 0.25) is 0 Å². The maximum Gasteiger partial charge on any atom is 0.214 e. The second-order valence-corrected chi connectivity index (χ2v) is 5.50. The molecule has 0 fully saturated rings. The highest BCUT2D eigenvalue weighted by molar-refractivity contribution is 7.98. The fourth-order valence-corrected chi connectivity index (χ4v) is 2.81. The number of rotatable bonds is 7. The third-order valence-corrected chi connectivity index (χ3v) is 3.72. The van der Waals surface area contributed by atoms with Crippen molar-refractivity contribution in [2.75, 3.05) is 24.4 Å². The van der Waals surface area contributed by atoms with Crippen LogP contribution < -0.4 is 4.72 Å². The largest absolute Gasteiger partial charge is 0.395 e. The minimum Gasteiger partial charge on any atom is -0.395 e. The highest BCUT2D eigenvalue weighted by Gasteiger charge is 2.14. The molecule has 0 heterocycles. The van der Waals surface area contributed by atoms with Crippen molar-refractivity contribution in [3.05, 3.63) is 0 Å². The first-order valence-electron chi connectivity index (χ1n) is 4.15. The molecule has 0 aromatic carbocycles. The van der Waals surface area contributed by atoms with Crippen molar-refractivity contribution in [2.24, 2.45) is 0 Å². The Kier molecular flexibility index (Phi) is 6.75. The minimum atomic E-state index is -3.28. The van der Waals surface area contributed by atoms with Gasteiger partial charge < -0.3 is 5.11 Å². The molecule has 1 unspecified atom stereocenters. The Balaban J connectivity index is 4.06. The van der Waals surface area contributed by atoms with E-state index in [-0.39, 0.29) is 18.4 Å². The number of nitrogens with one attached hydrogen (secondary N) is 1. The SMILES string of the molecule is CCC(CSC)NS(=O)(=O)CCO. The van der Waals surface area contributed by atoms with Gasteiger partial charge in [0.1, 0.15) is 0 Å². The van der Waals surface area contributed by atoms with E-state index in [2.05, 4.69) is 4.72 Å². The number of sulfonamides is 1. The summed E-state index contributed by atoms with van der Waals surface area (Å²) in [7, 11) is -3.28. The van der Waals surface area contributed by atoms with Gasteiger partial charge in [-0.2, -0.15) is 11.8 Å². The van der Waals surface area contributed by atoms with Crippen molar-refractivity contribution in [3.8, 4) is 0 Å². The Labute approximate surface area is 84.2 Å². The van der Waals surface area contributed by atoms with Gasteiger partial charge in [-0.05, 0) is 12.7 Å². The minimum absolute atomic E-state index is 0.0217. The molecule has 6 heteroatoms. The molecule has 0 radical (unpaired) electrons. The van der Waals surface area contributed by atoms with Crippen LogP contribution in [-0.2, 0) is 10.0 Å². The molecule has 0 aliphatic rings. The first kappa shape index (κ1) is 13.2. The topological polar surface area (TPSA) is 66.4 Å². The van der Waals surface area contributed by atoms with Gasteiger partial charge in [-0.1, -0.05) is 6.92 Å². The van der Waals surface area contributed by atoms with Crippen LogP contribution in [0.25, 0.3) is 0 Å². The fourth-order valence-electron chi connectivity index (χ4n) is 0.869. The van der Waals surface area contributed by atoms with Gasteiger partial charge in [0.05, 0.1) is 12.4 Å². The smallest absolute Gasteiger partial charge is 0.214 e. The molecule has 0 bridgehead atoms. The lowest BCUT2D eigenvalue weighted by Crippen LogP contribution is -2.38. The molecular formula is C7H17NO3S2. The summed E-state index contributed by atoms with van der Waals surface area (Å²) in [4.78, 5) is 0. The molecule has 0 aromatic heterocycles. The molecule has 0 saturated carbocycles. The van der Waals surface area contributed by atoms with Crippen molar-refractivity contribution in [1.82, 2.24) is 4.72 Å². The quantitative estimate of drug-likeness (QED) is 0.644. The Bertz CT molecular complexity index is 216. The van der Waals surface area contributed by atoms with Crippen LogP contribution in [0.1, 0.15) is 13.3 Å². The molecular weight excluding hydrogens is 210 g/mol. The van der Waals surface area contributed by atoms with Gasteiger partial charge in [-0.3, -0.25) is 0 Å². The van der Waals surface area contributed by atoms with Crippen molar-refractivity contribution >= 4 is 21.8 Å². The van der Waals surface area contributed by atoms with E-state index in [1.54, 1.807) is 11.8 Å². The molecule has 0 rings (SSSR count). The fraction of sp³-hybridized carbons (Fsp3) is 1.00. The lowest BCUT2D eigenvalue weighted by Gasteiger charge is -2.14. The molecule has 80 valence electrons. The lowest BCUT2D eigenvalue weighted by atomic mass is 10.3. The summed E-state index contributed by atoms with van der Waals surface area (Å²) in [5.74, 6) is 0.555. The van der Waals surface area contributed by atoms with E-state index in [1.165, 1.54) is 0 Å². The first-order chi connectivity index (χ1) is 6.05. The zero-order chi connectivity index (χ0) is 10.3. The van der Waals surface area contributed by atoms with Crippen LogP contribution in [0.5, 0.6) is 0 Å². The predicted octanol–water partition coefficient (Wildman–Crippen LogP) is 0.0397. The molecule has 0 aliphatic heterocycles. The van der Waals surface area contributed by atoms with Gasteiger partial charge >= 0.3 is 0 Å². The second kappa shape index (κ2) is 6.64. The van der Waals surface area contributed by atoms with Crippen LogP contribution in [0, 0.1) is 0 Å². The average molecular weight is 227 g/mol. The second-order valence-electron chi connectivity index (χ2n) is 2.72. The third kappa shape index (κ3) is 6.31. The number of aliphatic hydroxyl groups excluding tert-OH is 1. The third-order valence-electron chi connectivity index (χ3n) is 1.57. The Morgan fingerprint density at radius 3 is 2.54 bits per heavy atom. The van der Waals surface area contributed by atoms with Gasteiger partial charge in [0, 0.05) is 11.8 Å². The molecule has 0 aromatic rings. The molecule has 0 saturated heterocycles. The summed E-state index contributed by atoms with van der Waals surface area (Å²) in [6.07, 6.45) is 2.70. The Morgan fingerprint density at radius 2 is 2.15 bits per heavy atom. The molecule has 1 atom stereocenters. The van der Waals surface area contributed by atoms with E-state index in [0.717, 1.165) is 12.2 Å². The van der Waals surface area contributed by atoms with Gasteiger partial charge in [0.2, 0.25) is 10.0 Å².